The number of nitrogen functional groups attached to an aromatic ring is 1. The van der Waals surface area contributed by atoms with Crippen molar-refractivity contribution >= 4 is 17.0 Å². The Labute approximate surface area is 158 Å². The molecule has 140 valence electrons. The second kappa shape index (κ2) is 7.88. The Morgan fingerprint density at radius 2 is 1.93 bits per heavy atom. The maximum atomic E-state index is 5.90. The molecule has 1 fully saturated rings. The van der Waals surface area contributed by atoms with Gasteiger partial charge in [-0.15, -0.1) is 0 Å². The van der Waals surface area contributed by atoms with E-state index in [0.29, 0.717) is 5.95 Å². The summed E-state index contributed by atoms with van der Waals surface area (Å²) in [6, 6.07) is 11.9. The molecule has 0 saturated carbocycles. The summed E-state index contributed by atoms with van der Waals surface area (Å²) in [7, 11) is 0. The van der Waals surface area contributed by atoms with E-state index in [0.717, 1.165) is 72.4 Å². The van der Waals surface area contributed by atoms with Gasteiger partial charge < -0.3 is 15.2 Å². The summed E-state index contributed by atoms with van der Waals surface area (Å²) in [4.78, 5) is 13.5. The largest absolute Gasteiger partial charge is 0.465 e. The van der Waals surface area contributed by atoms with E-state index in [9.17, 15) is 0 Å². The summed E-state index contributed by atoms with van der Waals surface area (Å²) in [6.45, 7) is 2.89. The molecule has 0 bridgehead atoms. The topological polar surface area (TPSA) is 83.2 Å². The van der Waals surface area contributed by atoms with E-state index in [-0.39, 0.29) is 6.29 Å². The molecule has 1 aliphatic rings. The van der Waals surface area contributed by atoms with Crippen molar-refractivity contribution < 1.29 is 9.47 Å². The van der Waals surface area contributed by atoms with E-state index in [1.165, 1.54) is 0 Å². The Morgan fingerprint density at radius 1 is 1.07 bits per heavy atom. The van der Waals surface area contributed by atoms with E-state index in [1.54, 1.807) is 0 Å². The Kier molecular flexibility index (Phi) is 5.16. The fourth-order valence-electron chi connectivity index (χ4n) is 3.33. The lowest BCUT2D eigenvalue weighted by molar-refractivity contribution is -0.105. The lowest BCUT2D eigenvalue weighted by Crippen LogP contribution is -2.24. The van der Waals surface area contributed by atoms with Crippen LogP contribution in [-0.4, -0.2) is 27.8 Å². The standard InChI is InChI=1S/C21H24N4O2/c1-2-5-17-20-18(25-21(22)24-17)12-11-16(23-20)14-7-9-15(10-8-14)27-19-6-3-4-13-26-19/h7-12,19H,2-6,13H2,1H3,(H2,22,24,25). The molecule has 0 aliphatic carbocycles. The van der Waals surface area contributed by atoms with E-state index in [4.69, 9.17) is 20.2 Å². The fourth-order valence-corrected chi connectivity index (χ4v) is 3.33. The van der Waals surface area contributed by atoms with Gasteiger partial charge in [0.25, 0.3) is 0 Å². The SMILES string of the molecule is CCCc1nc(N)nc2ccc(-c3ccc(OC4CCCCO4)cc3)nc12. The lowest BCUT2D eigenvalue weighted by atomic mass is 10.1. The zero-order chi connectivity index (χ0) is 18.6. The number of fused-ring (bicyclic) bond motifs is 1. The van der Waals surface area contributed by atoms with E-state index >= 15 is 0 Å². The van der Waals surface area contributed by atoms with Crippen molar-refractivity contribution in [3.63, 3.8) is 0 Å². The minimum atomic E-state index is -0.136. The highest BCUT2D eigenvalue weighted by molar-refractivity contribution is 5.81. The van der Waals surface area contributed by atoms with Crippen LogP contribution in [0.2, 0.25) is 0 Å². The molecule has 1 aromatic carbocycles. The van der Waals surface area contributed by atoms with E-state index < -0.39 is 0 Å². The number of rotatable bonds is 5. The van der Waals surface area contributed by atoms with Gasteiger partial charge in [0.15, 0.2) is 6.29 Å². The number of benzene rings is 1. The summed E-state index contributed by atoms with van der Waals surface area (Å²) in [6.07, 6.45) is 4.87. The molecule has 2 N–H and O–H groups in total. The molecule has 0 amide bonds. The third-order valence-electron chi connectivity index (χ3n) is 4.67. The van der Waals surface area contributed by atoms with Gasteiger partial charge in [0, 0.05) is 12.0 Å². The maximum absolute atomic E-state index is 5.90. The van der Waals surface area contributed by atoms with Crippen LogP contribution in [0.25, 0.3) is 22.3 Å². The number of hydrogen-bond acceptors (Lipinski definition) is 6. The van der Waals surface area contributed by atoms with Gasteiger partial charge in [0.2, 0.25) is 5.95 Å². The number of anilines is 1. The molecule has 3 aromatic rings. The average molecular weight is 364 g/mol. The molecule has 1 unspecified atom stereocenters. The van der Waals surface area contributed by atoms with Crippen LogP contribution in [0, 0.1) is 0 Å². The normalized spacial score (nSPS) is 17.1. The minimum absolute atomic E-state index is 0.136. The van der Waals surface area contributed by atoms with Crippen LogP contribution in [0.1, 0.15) is 38.3 Å². The predicted molar refractivity (Wildman–Crippen MR) is 105 cm³/mol. The summed E-state index contributed by atoms with van der Waals surface area (Å²) in [5.41, 5.74) is 10.2. The van der Waals surface area contributed by atoms with Crippen molar-refractivity contribution in [3.05, 3.63) is 42.1 Å². The van der Waals surface area contributed by atoms with Crippen molar-refractivity contribution in [1.29, 1.82) is 0 Å². The molecule has 2 aromatic heterocycles. The Balaban J connectivity index is 1.59. The van der Waals surface area contributed by atoms with Crippen molar-refractivity contribution in [2.24, 2.45) is 0 Å². The van der Waals surface area contributed by atoms with Gasteiger partial charge in [-0.05, 0) is 55.7 Å². The molecule has 0 radical (unpaired) electrons. The molecule has 27 heavy (non-hydrogen) atoms. The molecule has 0 spiro atoms. The Morgan fingerprint density at radius 3 is 2.67 bits per heavy atom. The number of nitrogens with two attached hydrogens (primary N) is 1. The summed E-state index contributed by atoms with van der Waals surface area (Å²) < 4.78 is 11.5. The van der Waals surface area contributed by atoms with E-state index in [1.807, 2.05) is 36.4 Å². The van der Waals surface area contributed by atoms with Gasteiger partial charge in [-0.25, -0.2) is 15.0 Å². The zero-order valence-electron chi connectivity index (χ0n) is 15.5. The highest BCUT2D eigenvalue weighted by Gasteiger charge is 2.15. The molecule has 1 saturated heterocycles. The molecular weight excluding hydrogens is 340 g/mol. The number of aryl methyl sites for hydroxylation is 1. The second-order valence-electron chi connectivity index (χ2n) is 6.78. The minimum Gasteiger partial charge on any atom is -0.465 e. The van der Waals surface area contributed by atoms with Gasteiger partial charge in [-0.2, -0.15) is 0 Å². The van der Waals surface area contributed by atoms with Gasteiger partial charge in [0.05, 0.1) is 23.5 Å². The van der Waals surface area contributed by atoms with Crippen LogP contribution in [0.5, 0.6) is 5.75 Å². The predicted octanol–water partition coefficient (Wildman–Crippen LogP) is 4.13. The number of pyridine rings is 1. The first kappa shape index (κ1) is 17.7. The Bertz CT molecular complexity index is 921. The van der Waals surface area contributed by atoms with E-state index in [2.05, 4.69) is 16.9 Å². The zero-order valence-corrected chi connectivity index (χ0v) is 15.5. The fraction of sp³-hybridized carbons (Fsp3) is 0.381. The number of ether oxygens (including phenoxy) is 2. The third-order valence-corrected chi connectivity index (χ3v) is 4.67. The lowest BCUT2D eigenvalue weighted by Gasteiger charge is -2.23. The average Bonchev–Trinajstić information content (AvgIpc) is 2.69. The first-order chi connectivity index (χ1) is 13.2. The first-order valence-corrected chi connectivity index (χ1v) is 9.55. The van der Waals surface area contributed by atoms with Crippen LogP contribution < -0.4 is 10.5 Å². The molecule has 4 rings (SSSR count). The van der Waals surface area contributed by atoms with Gasteiger partial charge >= 0.3 is 0 Å². The summed E-state index contributed by atoms with van der Waals surface area (Å²) >= 11 is 0. The molecular formula is C21H24N4O2. The quantitative estimate of drug-likeness (QED) is 0.733. The van der Waals surface area contributed by atoms with Crippen LogP contribution >= 0.6 is 0 Å². The molecule has 1 aliphatic heterocycles. The summed E-state index contributed by atoms with van der Waals surface area (Å²) in [5.74, 6) is 1.11. The van der Waals surface area contributed by atoms with Crippen LogP contribution in [-0.2, 0) is 11.2 Å². The maximum Gasteiger partial charge on any atom is 0.220 e. The van der Waals surface area contributed by atoms with Crippen molar-refractivity contribution in [2.75, 3.05) is 12.3 Å². The molecule has 1 atom stereocenters. The monoisotopic (exact) mass is 364 g/mol. The number of hydrogen-bond donors (Lipinski definition) is 1. The summed E-state index contributed by atoms with van der Waals surface area (Å²) in [5, 5.41) is 0. The smallest absolute Gasteiger partial charge is 0.220 e. The highest BCUT2D eigenvalue weighted by atomic mass is 16.7. The number of aromatic nitrogens is 3. The third kappa shape index (κ3) is 4.01. The van der Waals surface area contributed by atoms with Gasteiger partial charge in [-0.1, -0.05) is 13.3 Å². The van der Waals surface area contributed by atoms with Crippen molar-refractivity contribution in [2.45, 2.75) is 45.3 Å². The van der Waals surface area contributed by atoms with Gasteiger partial charge in [0.1, 0.15) is 11.3 Å². The molecule has 6 nitrogen and oxygen atoms in total. The van der Waals surface area contributed by atoms with Crippen LogP contribution in [0.3, 0.4) is 0 Å². The number of nitrogens with zero attached hydrogens (tertiary/aromatic N) is 3. The highest BCUT2D eigenvalue weighted by Crippen LogP contribution is 2.26. The van der Waals surface area contributed by atoms with Crippen LogP contribution in [0.4, 0.5) is 5.95 Å². The van der Waals surface area contributed by atoms with Gasteiger partial charge in [-0.3, -0.25) is 0 Å². The molecule has 3 heterocycles. The van der Waals surface area contributed by atoms with Crippen molar-refractivity contribution in [1.82, 2.24) is 15.0 Å². The van der Waals surface area contributed by atoms with Crippen molar-refractivity contribution in [3.8, 4) is 17.0 Å². The van der Waals surface area contributed by atoms with Crippen LogP contribution in [0.15, 0.2) is 36.4 Å². The Hall–Kier alpha value is -2.73. The first-order valence-electron chi connectivity index (χ1n) is 9.55. The second-order valence-corrected chi connectivity index (χ2v) is 6.78. The molecule has 6 heteroatoms.